The quantitative estimate of drug-likeness (QED) is 0.654. The van der Waals surface area contributed by atoms with Gasteiger partial charge in [0.1, 0.15) is 16.5 Å². The average molecular weight is 440 g/mol. The van der Waals surface area contributed by atoms with Gasteiger partial charge < -0.3 is 10.1 Å². The van der Waals surface area contributed by atoms with Gasteiger partial charge in [-0.15, -0.1) is 0 Å². The van der Waals surface area contributed by atoms with Crippen molar-refractivity contribution in [1.29, 1.82) is 0 Å². The number of anilines is 1. The molecule has 1 N–H and O–H groups in total. The van der Waals surface area contributed by atoms with Crippen LogP contribution in [0.4, 0.5) is 10.1 Å². The Balaban J connectivity index is 1.60. The Morgan fingerprint density at radius 3 is 2.58 bits per heavy atom. The number of benzene rings is 3. The average Bonchev–Trinajstić information content (AvgIpc) is 2.79. The van der Waals surface area contributed by atoms with Crippen LogP contribution in [-0.2, 0) is 23.0 Å². The lowest BCUT2D eigenvalue weighted by Crippen LogP contribution is -2.36. The smallest absolute Gasteiger partial charge is 0.255 e. The van der Waals surface area contributed by atoms with E-state index in [1.165, 1.54) is 17.5 Å². The first-order valence-electron chi connectivity index (χ1n) is 9.70. The third kappa shape index (κ3) is 4.30. The van der Waals surface area contributed by atoms with Crippen LogP contribution in [0.1, 0.15) is 21.5 Å². The SMILES string of the molecule is COc1cccc(NC(=O)c2ccc(F)c(S(=O)(=O)N3CCc4ccccc4C3)c2)c1. The van der Waals surface area contributed by atoms with Crippen LogP contribution in [0.25, 0.3) is 0 Å². The standard InChI is InChI=1S/C23H21FN2O4S/c1-30-20-8-4-7-19(14-20)25-23(27)17-9-10-21(24)22(13-17)31(28,29)26-12-11-16-5-2-3-6-18(16)15-26/h2-10,13-14H,11-12,15H2,1H3,(H,25,27). The van der Waals surface area contributed by atoms with Crippen molar-refractivity contribution < 1.29 is 22.3 Å². The van der Waals surface area contributed by atoms with Crippen molar-refractivity contribution in [2.24, 2.45) is 0 Å². The summed E-state index contributed by atoms with van der Waals surface area (Å²) in [6.07, 6.45) is 0.549. The molecule has 0 aromatic heterocycles. The third-order valence-electron chi connectivity index (χ3n) is 5.23. The molecule has 1 aliphatic heterocycles. The zero-order valence-corrected chi connectivity index (χ0v) is 17.7. The molecule has 3 aromatic carbocycles. The molecule has 31 heavy (non-hydrogen) atoms. The van der Waals surface area contributed by atoms with E-state index in [9.17, 15) is 17.6 Å². The molecular weight excluding hydrogens is 419 g/mol. The molecule has 0 spiro atoms. The molecule has 0 atom stereocenters. The first kappa shape index (κ1) is 21.0. The Kier molecular flexibility index (Phi) is 5.75. The number of nitrogens with zero attached hydrogens (tertiary/aromatic N) is 1. The van der Waals surface area contributed by atoms with Gasteiger partial charge >= 0.3 is 0 Å². The van der Waals surface area contributed by atoms with E-state index in [0.717, 1.165) is 23.3 Å². The van der Waals surface area contributed by atoms with E-state index < -0.39 is 26.6 Å². The van der Waals surface area contributed by atoms with E-state index in [1.54, 1.807) is 24.3 Å². The molecule has 8 heteroatoms. The normalized spacial score (nSPS) is 14.0. The molecule has 0 unspecified atom stereocenters. The Labute approximate surface area is 180 Å². The fraction of sp³-hybridized carbons (Fsp3) is 0.174. The lowest BCUT2D eigenvalue weighted by molar-refractivity contribution is 0.102. The summed E-state index contributed by atoms with van der Waals surface area (Å²) < 4.78 is 47.3. The Hall–Kier alpha value is -3.23. The van der Waals surface area contributed by atoms with Gasteiger partial charge in [0.25, 0.3) is 5.91 Å². The van der Waals surface area contributed by atoms with Gasteiger partial charge in [0, 0.05) is 30.4 Å². The molecule has 6 nitrogen and oxygen atoms in total. The van der Waals surface area contributed by atoms with Crippen molar-refractivity contribution in [3.8, 4) is 5.75 Å². The number of carbonyl (C=O) groups is 1. The summed E-state index contributed by atoms with van der Waals surface area (Å²) in [5.74, 6) is -0.879. The molecule has 0 aliphatic carbocycles. The molecule has 0 bridgehead atoms. The van der Waals surface area contributed by atoms with Crippen LogP contribution in [0.5, 0.6) is 5.75 Å². The topological polar surface area (TPSA) is 75.7 Å². The maximum Gasteiger partial charge on any atom is 0.255 e. The first-order chi connectivity index (χ1) is 14.9. The molecule has 4 rings (SSSR count). The van der Waals surface area contributed by atoms with Crippen molar-refractivity contribution in [2.75, 3.05) is 19.0 Å². The van der Waals surface area contributed by atoms with Gasteiger partial charge in [-0.05, 0) is 47.9 Å². The van der Waals surface area contributed by atoms with Crippen molar-refractivity contribution in [3.05, 3.63) is 89.2 Å². The minimum absolute atomic E-state index is 0.0419. The number of rotatable bonds is 5. The first-order valence-corrected chi connectivity index (χ1v) is 11.1. The Morgan fingerprint density at radius 2 is 1.81 bits per heavy atom. The van der Waals surface area contributed by atoms with Crippen LogP contribution in [0.3, 0.4) is 0 Å². The monoisotopic (exact) mass is 440 g/mol. The molecule has 0 radical (unpaired) electrons. The fourth-order valence-electron chi connectivity index (χ4n) is 3.56. The highest BCUT2D eigenvalue weighted by Crippen LogP contribution is 2.27. The molecule has 0 fully saturated rings. The highest BCUT2D eigenvalue weighted by molar-refractivity contribution is 7.89. The minimum atomic E-state index is -4.12. The summed E-state index contributed by atoms with van der Waals surface area (Å²) in [5.41, 5.74) is 2.50. The summed E-state index contributed by atoms with van der Waals surface area (Å²) in [5, 5.41) is 2.67. The van der Waals surface area contributed by atoms with Crippen LogP contribution in [0, 0.1) is 5.82 Å². The second kappa shape index (κ2) is 8.49. The molecule has 1 amide bonds. The van der Waals surface area contributed by atoms with Crippen LogP contribution < -0.4 is 10.1 Å². The summed E-state index contributed by atoms with van der Waals surface area (Å²) in [7, 11) is -2.61. The number of carbonyl (C=O) groups excluding carboxylic acids is 1. The molecule has 0 saturated carbocycles. The molecule has 3 aromatic rings. The van der Waals surface area contributed by atoms with Crippen molar-refractivity contribution in [2.45, 2.75) is 17.9 Å². The lowest BCUT2D eigenvalue weighted by atomic mass is 10.0. The molecular formula is C23H21FN2O4S. The lowest BCUT2D eigenvalue weighted by Gasteiger charge is -2.28. The second-order valence-electron chi connectivity index (χ2n) is 7.19. The number of halogens is 1. The van der Waals surface area contributed by atoms with Gasteiger partial charge in [0.05, 0.1) is 7.11 Å². The molecule has 1 heterocycles. The highest BCUT2D eigenvalue weighted by atomic mass is 32.2. The summed E-state index contributed by atoms with van der Waals surface area (Å²) >= 11 is 0. The van der Waals surface area contributed by atoms with Crippen LogP contribution in [-0.4, -0.2) is 32.3 Å². The zero-order valence-electron chi connectivity index (χ0n) is 16.8. The van der Waals surface area contributed by atoms with Gasteiger partial charge in [-0.2, -0.15) is 4.31 Å². The highest BCUT2D eigenvalue weighted by Gasteiger charge is 2.31. The molecule has 0 saturated heterocycles. The van der Waals surface area contributed by atoms with Crippen molar-refractivity contribution in [1.82, 2.24) is 4.31 Å². The van der Waals surface area contributed by atoms with Crippen LogP contribution in [0.15, 0.2) is 71.6 Å². The largest absolute Gasteiger partial charge is 0.497 e. The molecule has 160 valence electrons. The van der Waals surface area contributed by atoms with E-state index >= 15 is 0 Å². The predicted octanol–water partition coefficient (Wildman–Crippen LogP) is 3.83. The minimum Gasteiger partial charge on any atom is -0.497 e. The van der Waals surface area contributed by atoms with Gasteiger partial charge in [0.15, 0.2) is 0 Å². The summed E-state index contributed by atoms with van der Waals surface area (Å²) in [4.78, 5) is 12.2. The van der Waals surface area contributed by atoms with Crippen LogP contribution >= 0.6 is 0 Å². The van der Waals surface area contributed by atoms with Gasteiger partial charge in [-0.25, -0.2) is 12.8 Å². The third-order valence-corrected chi connectivity index (χ3v) is 7.09. The van der Waals surface area contributed by atoms with E-state index in [0.29, 0.717) is 17.9 Å². The number of hydrogen-bond acceptors (Lipinski definition) is 4. The number of sulfonamides is 1. The number of methoxy groups -OCH3 is 1. The van der Waals surface area contributed by atoms with Crippen molar-refractivity contribution >= 4 is 21.6 Å². The van der Waals surface area contributed by atoms with E-state index in [4.69, 9.17) is 4.74 Å². The Bertz CT molecular complexity index is 1240. The number of ether oxygens (including phenoxy) is 1. The van der Waals surface area contributed by atoms with E-state index in [2.05, 4.69) is 5.32 Å². The van der Waals surface area contributed by atoms with Crippen molar-refractivity contribution in [3.63, 3.8) is 0 Å². The number of nitrogens with one attached hydrogen (secondary N) is 1. The van der Waals surface area contributed by atoms with Crippen LogP contribution in [0.2, 0.25) is 0 Å². The van der Waals surface area contributed by atoms with Gasteiger partial charge in [-0.3, -0.25) is 4.79 Å². The predicted molar refractivity (Wildman–Crippen MR) is 115 cm³/mol. The zero-order chi connectivity index (χ0) is 22.0. The fourth-order valence-corrected chi connectivity index (χ4v) is 5.07. The number of hydrogen-bond donors (Lipinski definition) is 1. The van der Waals surface area contributed by atoms with E-state index in [1.807, 2.05) is 24.3 Å². The Morgan fingerprint density at radius 1 is 1.03 bits per heavy atom. The van der Waals surface area contributed by atoms with Gasteiger partial charge in [-0.1, -0.05) is 30.3 Å². The number of amides is 1. The summed E-state index contributed by atoms with van der Waals surface area (Å²) in [6, 6.07) is 17.7. The summed E-state index contributed by atoms with van der Waals surface area (Å²) in [6.45, 7) is 0.414. The maximum absolute atomic E-state index is 14.6. The van der Waals surface area contributed by atoms with E-state index in [-0.39, 0.29) is 18.7 Å². The number of fused-ring (bicyclic) bond motifs is 1. The molecule has 1 aliphatic rings. The maximum atomic E-state index is 14.6. The second-order valence-corrected chi connectivity index (χ2v) is 9.09. The van der Waals surface area contributed by atoms with Gasteiger partial charge in [0.2, 0.25) is 10.0 Å².